The third kappa shape index (κ3) is 4.64. The molecule has 0 saturated carbocycles. The van der Waals surface area contributed by atoms with Gasteiger partial charge in [0.2, 0.25) is 18.0 Å². The van der Waals surface area contributed by atoms with E-state index < -0.39 is 0 Å². The molecule has 38 heavy (non-hydrogen) atoms. The molecular formula is C27H29ClN6O4. The zero-order valence-electron chi connectivity index (χ0n) is 21.4. The highest BCUT2D eigenvalue weighted by Gasteiger charge is 2.25. The lowest BCUT2D eigenvalue weighted by atomic mass is 9.93. The van der Waals surface area contributed by atoms with Crippen LogP contribution in [0.1, 0.15) is 43.3 Å². The maximum Gasteiger partial charge on any atom is 0.231 e. The average Bonchev–Trinajstić information content (AvgIpc) is 3.61. The van der Waals surface area contributed by atoms with Crippen molar-refractivity contribution in [2.75, 3.05) is 25.6 Å². The van der Waals surface area contributed by atoms with Gasteiger partial charge in [-0.3, -0.25) is 4.79 Å². The summed E-state index contributed by atoms with van der Waals surface area (Å²) in [5.41, 5.74) is 9.26. The monoisotopic (exact) mass is 536 g/mol. The van der Waals surface area contributed by atoms with Crippen LogP contribution in [0.25, 0.3) is 22.5 Å². The molecule has 0 atom stereocenters. The molecule has 2 aliphatic heterocycles. The standard InChI is InChI=1S/C27H29ClN6O4/c1-15-3-4-20(38-15)19-13-22-21(36-14-37-22)11-18(19)12-23-30-24-25(29)31-27(28)32-26(24)34(23)10-7-17-5-8-33(9-6-17)16(2)35/h3-4,11,13,17H,5-10,12,14H2,1-2H3,(H2,29,31,32). The van der Waals surface area contributed by atoms with Crippen molar-refractivity contribution in [3.8, 4) is 22.8 Å². The van der Waals surface area contributed by atoms with Gasteiger partial charge in [0.05, 0.1) is 0 Å². The van der Waals surface area contributed by atoms with E-state index in [2.05, 4.69) is 14.5 Å². The number of benzene rings is 1. The summed E-state index contributed by atoms with van der Waals surface area (Å²) < 4.78 is 19.4. The number of rotatable bonds is 6. The second-order valence-corrected chi connectivity index (χ2v) is 10.3. The summed E-state index contributed by atoms with van der Waals surface area (Å²) in [6.07, 6.45) is 3.37. The maximum atomic E-state index is 11.7. The van der Waals surface area contributed by atoms with E-state index in [-0.39, 0.29) is 23.8 Å². The number of piperidine rings is 1. The number of furan rings is 1. The van der Waals surface area contributed by atoms with Crippen LogP contribution in [0, 0.1) is 12.8 Å². The number of nitrogens with two attached hydrogens (primary N) is 1. The van der Waals surface area contributed by atoms with Crippen molar-refractivity contribution in [3.05, 3.63) is 46.7 Å². The number of hydrogen-bond donors (Lipinski definition) is 1. The van der Waals surface area contributed by atoms with Gasteiger partial charge >= 0.3 is 0 Å². The predicted molar refractivity (Wildman–Crippen MR) is 142 cm³/mol. The van der Waals surface area contributed by atoms with Gasteiger partial charge in [-0.2, -0.15) is 9.97 Å². The van der Waals surface area contributed by atoms with Gasteiger partial charge in [0, 0.05) is 38.5 Å². The number of halogens is 1. The molecule has 1 aromatic carbocycles. The van der Waals surface area contributed by atoms with Crippen LogP contribution in [-0.4, -0.2) is 50.2 Å². The van der Waals surface area contributed by atoms with E-state index in [0.29, 0.717) is 41.5 Å². The predicted octanol–water partition coefficient (Wildman–Crippen LogP) is 4.60. The molecule has 2 aliphatic rings. The molecule has 0 aliphatic carbocycles. The molecule has 198 valence electrons. The minimum absolute atomic E-state index is 0.0901. The summed E-state index contributed by atoms with van der Waals surface area (Å²) in [7, 11) is 0. The Morgan fingerprint density at radius 2 is 1.89 bits per heavy atom. The van der Waals surface area contributed by atoms with Gasteiger partial charge in [-0.25, -0.2) is 4.98 Å². The lowest BCUT2D eigenvalue weighted by molar-refractivity contribution is -0.130. The molecule has 0 spiro atoms. The number of anilines is 1. The van der Waals surface area contributed by atoms with E-state index >= 15 is 0 Å². The van der Waals surface area contributed by atoms with Crippen LogP contribution in [0.15, 0.2) is 28.7 Å². The van der Waals surface area contributed by atoms with Crippen LogP contribution >= 0.6 is 11.6 Å². The first-order chi connectivity index (χ1) is 18.4. The second-order valence-electron chi connectivity index (χ2n) is 9.92. The normalized spacial score (nSPS) is 15.5. The lowest BCUT2D eigenvalue weighted by Gasteiger charge is -2.31. The van der Waals surface area contributed by atoms with Crippen LogP contribution in [-0.2, 0) is 17.8 Å². The van der Waals surface area contributed by atoms with Crippen molar-refractivity contribution in [2.24, 2.45) is 5.92 Å². The highest BCUT2D eigenvalue weighted by molar-refractivity contribution is 6.28. The molecule has 5 heterocycles. The number of imidazole rings is 1. The smallest absolute Gasteiger partial charge is 0.231 e. The van der Waals surface area contributed by atoms with Gasteiger partial charge in [-0.05, 0) is 73.5 Å². The Hall–Kier alpha value is -3.79. The number of likely N-dealkylation sites (tertiary alicyclic amines) is 1. The van der Waals surface area contributed by atoms with Crippen LogP contribution in [0.3, 0.4) is 0 Å². The Kier molecular flexibility index (Phi) is 6.35. The Labute approximate surface area is 224 Å². The van der Waals surface area contributed by atoms with Gasteiger partial charge in [-0.15, -0.1) is 0 Å². The molecule has 10 nitrogen and oxygen atoms in total. The van der Waals surface area contributed by atoms with Crippen molar-refractivity contribution in [1.82, 2.24) is 24.4 Å². The lowest BCUT2D eigenvalue weighted by Crippen LogP contribution is -2.37. The molecule has 0 unspecified atom stereocenters. The second kappa shape index (κ2) is 9.83. The summed E-state index contributed by atoms with van der Waals surface area (Å²) >= 11 is 6.21. The highest BCUT2D eigenvalue weighted by atomic mass is 35.5. The first kappa shape index (κ1) is 24.5. The number of carbonyl (C=O) groups excluding carboxylic acids is 1. The fraction of sp³-hybridized carbons (Fsp3) is 0.407. The molecule has 1 amide bonds. The van der Waals surface area contributed by atoms with E-state index in [0.717, 1.165) is 60.8 Å². The first-order valence-electron chi connectivity index (χ1n) is 12.8. The molecule has 6 rings (SSSR count). The molecule has 2 N–H and O–H groups in total. The minimum atomic E-state index is 0.0901. The Morgan fingerprint density at radius 3 is 2.61 bits per heavy atom. The van der Waals surface area contributed by atoms with E-state index in [9.17, 15) is 4.79 Å². The van der Waals surface area contributed by atoms with E-state index in [1.807, 2.05) is 36.1 Å². The Bertz CT molecular complexity index is 1520. The molecule has 11 heteroatoms. The summed E-state index contributed by atoms with van der Waals surface area (Å²) in [4.78, 5) is 27.1. The van der Waals surface area contributed by atoms with Crippen LogP contribution in [0.4, 0.5) is 5.82 Å². The summed E-state index contributed by atoms with van der Waals surface area (Å²) in [5, 5.41) is 0.0901. The number of aryl methyl sites for hydroxylation is 2. The van der Waals surface area contributed by atoms with Gasteiger partial charge in [-0.1, -0.05) is 0 Å². The number of amides is 1. The first-order valence-corrected chi connectivity index (χ1v) is 13.2. The average molecular weight is 537 g/mol. The van der Waals surface area contributed by atoms with Gasteiger partial charge in [0.15, 0.2) is 28.5 Å². The number of aromatic nitrogens is 4. The van der Waals surface area contributed by atoms with E-state index in [4.69, 9.17) is 36.2 Å². The quantitative estimate of drug-likeness (QED) is 0.355. The number of carbonyl (C=O) groups is 1. The van der Waals surface area contributed by atoms with Crippen LogP contribution in [0.2, 0.25) is 5.28 Å². The minimum Gasteiger partial charge on any atom is -0.461 e. The molecule has 1 fully saturated rings. The molecule has 0 radical (unpaired) electrons. The third-order valence-corrected chi connectivity index (χ3v) is 7.62. The molecule has 4 aromatic rings. The fourth-order valence-electron chi connectivity index (χ4n) is 5.37. The van der Waals surface area contributed by atoms with Crippen molar-refractivity contribution in [2.45, 2.75) is 46.1 Å². The third-order valence-electron chi connectivity index (χ3n) is 7.45. The van der Waals surface area contributed by atoms with Crippen molar-refractivity contribution < 1.29 is 18.7 Å². The topological polar surface area (TPSA) is 122 Å². The molecule has 3 aromatic heterocycles. The Morgan fingerprint density at radius 1 is 1.13 bits per heavy atom. The van der Waals surface area contributed by atoms with E-state index in [1.165, 1.54) is 0 Å². The van der Waals surface area contributed by atoms with Gasteiger partial charge in [0.1, 0.15) is 17.3 Å². The SMILES string of the molecule is CC(=O)N1CCC(CCn2c(Cc3cc4c(cc3-c3ccc(C)o3)OCO4)nc3c(N)nc(Cl)nc32)CC1. The molecular weight excluding hydrogens is 508 g/mol. The Balaban J connectivity index is 1.36. The van der Waals surface area contributed by atoms with Gasteiger partial charge in [0.25, 0.3) is 0 Å². The number of hydrogen-bond acceptors (Lipinski definition) is 8. The summed E-state index contributed by atoms with van der Waals surface area (Å²) in [6, 6.07) is 7.83. The van der Waals surface area contributed by atoms with E-state index in [1.54, 1.807) is 6.92 Å². The molecule has 0 bridgehead atoms. The molecule has 1 saturated heterocycles. The number of ether oxygens (including phenoxy) is 2. The highest BCUT2D eigenvalue weighted by Crippen LogP contribution is 2.40. The number of nitrogens with zero attached hydrogens (tertiary/aromatic N) is 5. The zero-order chi connectivity index (χ0) is 26.4. The largest absolute Gasteiger partial charge is 0.461 e. The van der Waals surface area contributed by atoms with Crippen molar-refractivity contribution >= 4 is 34.5 Å². The van der Waals surface area contributed by atoms with Crippen molar-refractivity contribution in [1.29, 1.82) is 0 Å². The van der Waals surface area contributed by atoms with Crippen LogP contribution in [0.5, 0.6) is 11.5 Å². The number of fused-ring (bicyclic) bond motifs is 2. The van der Waals surface area contributed by atoms with Gasteiger partial charge < -0.3 is 29.1 Å². The van der Waals surface area contributed by atoms with Crippen LogP contribution < -0.4 is 15.2 Å². The fourth-order valence-corrected chi connectivity index (χ4v) is 5.54. The zero-order valence-corrected chi connectivity index (χ0v) is 22.1. The summed E-state index contributed by atoms with van der Waals surface area (Å²) in [5.74, 6) is 4.63. The maximum absolute atomic E-state index is 11.7. The van der Waals surface area contributed by atoms with Crippen molar-refractivity contribution in [3.63, 3.8) is 0 Å². The summed E-state index contributed by atoms with van der Waals surface area (Å²) in [6.45, 7) is 6.02. The number of nitrogen functional groups attached to an aromatic ring is 1.